The van der Waals surface area contributed by atoms with Gasteiger partial charge in [-0.25, -0.2) is 4.79 Å². The standard InChI is InChI=1S/C22H32N6O2/c1-2-3-10-25-22(30)28-14-18(19(23)15-28)21(24)26-20(29)13-16-6-8-17(9-7-16)27-11-4-5-12-27/h6-9H,2-5,10-15,23H2,1H3,(H,25,30)(H2,24,26,29). The summed E-state index contributed by atoms with van der Waals surface area (Å²) in [5.41, 5.74) is 15.2. The van der Waals surface area contributed by atoms with Crippen molar-refractivity contribution in [3.8, 4) is 0 Å². The molecule has 2 aliphatic rings. The molecule has 5 N–H and O–H groups in total. The minimum atomic E-state index is -0.326. The molecule has 1 fully saturated rings. The van der Waals surface area contributed by atoms with Crippen molar-refractivity contribution in [1.82, 2.24) is 10.2 Å². The summed E-state index contributed by atoms with van der Waals surface area (Å²) in [5.74, 6) is -0.234. The molecule has 1 saturated heterocycles. The van der Waals surface area contributed by atoms with Gasteiger partial charge in [0.1, 0.15) is 5.84 Å². The maximum Gasteiger partial charge on any atom is 0.318 e. The number of carbonyl (C=O) groups is 2. The maximum atomic E-state index is 12.4. The summed E-state index contributed by atoms with van der Waals surface area (Å²) in [6, 6.07) is 7.84. The highest BCUT2D eigenvalue weighted by molar-refractivity contribution is 6.05. The van der Waals surface area contributed by atoms with Crippen LogP contribution in [0.2, 0.25) is 0 Å². The summed E-state index contributed by atoms with van der Waals surface area (Å²) < 4.78 is 0. The van der Waals surface area contributed by atoms with Crippen LogP contribution in [0.3, 0.4) is 0 Å². The first-order chi connectivity index (χ1) is 14.5. The van der Waals surface area contributed by atoms with Gasteiger partial charge in [0.15, 0.2) is 0 Å². The molecule has 0 saturated carbocycles. The van der Waals surface area contributed by atoms with Gasteiger partial charge in [0.05, 0.1) is 19.5 Å². The lowest BCUT2D eigenvalue weighted by Crippen LogP contribution is -2.40. The number of aliphatic imine (C=N–C) groups is 1. The molecule has 0 bridgehead atoms. The first kappa shape index (κ1) is 21.7. The Kier molecular flexibility index (Phi) is 7.32. The summed E-state index contributed by atoms with van der Waals surface area (Å²) in [6.45, 7) is 5.41. The lowest BCUT2D eigenvalue weighted by Gasteiger charge is -2.17. The van der Waals surface area contributed by atoms with Crippen LogP contribution in [-0.4, -0.2) is 55.4 Å². The zero-order chi connectivity index (χ0) is 21.5. The second-order valence-corrected chi connectivity index (χ2v) is 7.87. The number of rotatable bonds is 7. The number of nitrogens with two attached hydrogens (primary N) is 2. The van der Waals surface area contributed by atoms with Crippen molar-refractivity contribution >= 4 is 23.5 Å². The third-order valence-corrected chi connectivity index (χ3v) is 5.51. The van der Waals surface area contributed by atoms with E-state index in [2.05, 4.69) is 22.1 Å². The molecular formula is C22H32N6O2. The first-order valence-corrected chi connectivity index (χ1v) is 10.7. The highest BCUT2D eigenvalue weighted by Crippen LogP contribution is 2.21. The van der Waals surface area contributed by atoms with Crippen LogP contribution in [0.5, 0.6) is 0 Å². The Morgan fingerprint density at radius 2 is 1.83 bits per heavy atom. The summed E-state index contributed by atoms with van der Waals surface area (Å²) in [5, 5.41) is 2.86. The molecule has 0 spiro atoms. The number of amidine groups is 1. The van der Waals surface area contributed by atoms with Crippen LogP contribution < -0.4 is 21.7 Å². The number of hydrogen-bond donors (Lipinski definition) is 3. The number of nitrogens with one attached hydrogen (secondary N) is 1. The molecule has 0 atom stereocenters. The van der Waals surface area contributed by atoms with E-state index in [0.29, 0.717) is 17.8 Å². The summed E-state index contributed by atoms with van der Waals surface area (Å²) in [6.07, 6.45) is 4.56. The van der Waals surface area contributed by atoms with E-state index in [4.69, 9.17) is 11.5 Å². The Morgan fingerprint density at radius 1 is 1.13 bits per heavy atom. The third kappa shape index (κ3) is 5.52. The molecule has 3 amide bonds. The molecule has 162 valence electrons. The van der Waals surface area contributed by atoms with Gasteiger partial charge >= 0.3 is 6.03 Å². The molecule has 0 aromatic heterocycles. The Balaban J connectivity index is 1.54. The zero-order valence-corrected chi connectivity index (χ0v) is 17.7. The Labute approximate surface area is 178 Å². The van der Waals surface area contributed by atoms with E-state index in [0.717, 1.165) is 31.5 Å². The molecule has 0 aliphatic carbocycles. The van der Waals surface area contributed by atoms with E-state index in [1.165, 1.54) is 18.5 Å². The van der Waals surface area contributed by atoms with Crippen molar-refractivity contribution in [2.45, 2.75) is 39.0 Å². The quantitative estimate of drug-likeness (QED) is 0.358. The van der Waals surface area contributed by atoms with Gasteiger partial charge in [-0.2, -0.15) is 4.99 Å². The van der Waals surface area contributed by atoms with Gasteiger partial charge in [-0.1, -0.05) is 25.5 Å². The smallest absolute Gasteiger partial charge is 0.318 e. The molecule has 8 heteroatoms. The molecule has 1 aromatic carbocycles. The summed E-state index contributed by atoms with van der Waals surface area (Å²) in [4.78, 5) is 32.5. The van der Waals surface area contributed by atoms with Gasteiger partial charge in [-0.15, -0.1) is 0 Å². The van der Waals surface area contributed by atoms with E-state index in [1.54, 1.807) is 4.90 Å². The van der Waals surface area contributed by atoms with Crippen LogP contribution in [0.1, 0.15) is 38.2 Å². The van der Waals surface area contributed by atoms with Gasteiger partial charge in [-0.05, 0) is 37.0 Å². The van der Waals surface area contributed by atoms with Crippen LogP contribution in [0.4, 0.5) is 10.5 Å². The topological polar surface area (TPSA) is 117 Å². The highest BCUT2D eigenvalue weighted by Gasteiger charge is 2.26. The normalized spacial score (nSPS) is 17.0. The molecular weight excluding hydrogens is 380 g/mol. The van der Waals surface area contributed by atoms with E-state index in [9.17, 15) is 9.59 Å². The van der Waals surface area contributed by atoms with Gasteiger partial charge in [-0.3, -0.25) is 4.79 Å². The average molecular weight is 413 g/mol. The SMILES string of the molecule is CCCCNC(=O)N1CC(N)=C(C(N)=NC(=O)Cc2ccc(N3CCCC3)cc2)C1. The Morgan fingerprint density at radius 3 is 2.50 bits per heavy atom. The molecule has 1 aromatic rings. The number of anilines is 1. The van der Waals surface area contributed by atoms with Crippen LogP contribution >= 0.6 is 0 Å². The van der Waals surface area contributed by atoms with Crippen molar-refractivity contribution in [2.75, 3.05) is 37.6 Å². The van der Waals surface area contributed by atoms with Gasteiger partial charge in [0.2, 0.25) is 0 Å². The first-order valence-electron chi connectivity index (χ1n) is 10.7. The Hall–Kier alpha value is -3.03. The zero-order valence-electron chi connectivity index (χ0n) is 17.7. The number of nitrogens with zero attached hydrogens (tertiary/aromatic N) is 3. The fourth-order valence-corrected chi connectivity index (χ4v) is 3.74. The minimum Gasteiger partial charge on any atom is -0.400 e. The lowest BCUT2D eigenvalue weighted by atomic mass is 10.1. The van der Waals surface area contributed by atoms with Crippen molar-refractivity contribution < 1.29 is 9.59 Å². The third-order valence-electron chi connectivity index (χ3n) is 5.51. The van der Waals surface area contributed by atoms with Crippen molar-refractivity contribution in [3.63, 3.8) is 0 Å². The van der Waals surface area contributed by atoms with Gasteiger partial charge in [0, 0.05) is 36.6 Å². The van der Waals surface area contributed by atoms with Crippen LogP contribution in [0.25, 0.3) is 0 Å². The predicted molar refractivity (Wildman–Crippen MR) is 119 cm³/mol. The van der Waals surface area contributed by atoms with Crippen LogP contribution in [-0.2, 0) is 11.2 Å². The highest BCUT2D eigenvalue weighted by atomic mass is 16.2. The second-order valence-electron chi connectivity index (χ2n) is 7.87. The molecule has 30 heavy (non-hydrogen) atoms. The molecule has 2 aliphatic heterocycles. The number of urea groups is 1. The van der Waals surface area contributed by atoms with E-state index >= 15 is 0 Å². The number of hydrogen-bond acceptors (Lipinski definition) is 4. The molecule has 8 nitrogen and oxygen atoms in total. The van der Waals surface area contributed by atoms with E-state index in [-0.39, 0.29) is 37.3 Å². The summed E-state index contributed by atoms with van der Waals surface area (Å²) >= 11 is 0. The fourth-order valence-electron chi connectivity index (χ4n) is 3.74. The number of unbranched alkanes of at least 4 members (excludes halogenated alkanes) is 1. The molecule has 0 radical (unpaired) electrons. The monoisotopic (exact) mass is 412 g/mol. The number of amides is 3. The van der Waals surface area contributed by atoms with Gasteiger partial charge < -0.3 is 26.6 Å². The van der Waals surface area contributed by atoms with Crippen molar-refractivity contribution in [3.05, 3.63) is 41.1 Å². The van der Waals surface area contributed by atoms with Gasteiger partial charge in [0.25, 0.3) is 5.91 Å². The van der Waals surface area contributed by atoms with Crippen LogP contribution in [0.15, 0.2) is 40.5 Å². The summed E-state index contributed by atoms with van der Waals surface area (Å²) in [7, 11) is 0. The maximum absolute atomic E-state index is 12.4. The number of benzene rings is 1. The van der Waals surface area contributed by atoms with E-state index in [1.807, 2.05) is 24.3 Å². The van der Waals surface area contributed by atoms with Crippen molar-refractivity contribution in [1.29, 1.82) is 0 Å². The fraction of sp³-hybridized carbons (Fsp3) is 0.500. The van der Waals surface area contributed by atoms with Crippen molar-refractivity contribution in [2.24, 2.45) is 16.5 Å². The molecule has 0 unspecified atom stereocenters. The average Bonchev–Trinajstić information content (AvgIpc) is 3.38. The largest absolute Gasteiger partial charge is 0.400 e. The van der Waals surface area contributed by atoms with Crippen LogP contribution in [0, 0.1) is 0 Å². The Bertz CT molecular complexity index is 825. The minimum absolute atomic E-state index is 0.0926. The van der Waals surface area contributed by atoms with E-state index < -0.39 is 0 Å². The lowest BCUT2D eigenvalue weighted by molar-refractivity contribution is -0.117. The molecule has 3 rings (SSSR count). The molecule has 2 heterocycles. The number of carbonyl (C=O) groups excluding carboxylic acids is 2. The second kappa shape index (κ2) is 10.1. The predicted octanol–water partition coefficient (Wildman–Crippen LogP) is 1.75.